The van der Waals surface area contributed by atoms with Crippen molar-refractivity contribution in [3.05, 3.63) is 29.8 Å². The summed E-state index contributed by atoms with van der Waals surface area (Å²) in [5.74, 6) is 0.717. The summed E-state index contributed by atoms with van der Waals surface area (Å²) in [4.78, 5) is 0.272. The fourth-order valence-corrected chi connectivity index (χ4v) is 4.95. The highest BCUT2D eigenvalue weighted by Gasteiger charge is 2.37. The summed E-state index contributed by atoms with van der Waals surface area (Å²) in [6, 6.07) is 6.63. The van der Waals surface area contributed by atoms with Crippen LogP contribution in [0.4, 0.5) is 0 Å². The molecule has 4 atom stereocenters. The van der Waals surface area contributed by atoms with Gasteiger partial charge in [0.2, 0.25) is 10.0 Å². The molecule has 5 heteroatoms. The molecule has 21 heavy (non-hydrogen) atoms. The van der Waals surface area contributed by atoms with Crippen LogP contribution in [0.1, 0.15) is 45.8 Å². The Morgan fingerprint density at radius 3 is 2.57 bits per heavy atom. The topological polar surface area (TPSA) is 57.6 Å². The lowest BCUT2D eigenvalue weighted by Gasteiger charge is -2.40. The first-order chi connectivity index (χ1) is 9.73. The van der Waals surface area contributed by atoms with Gasteiger partial charge in [-0.25, -0.2) is 8.42 Å². The highest BCUT2D eigenvalue weighted by molar-refractivity contribution is 7.89. The zero-order chi connectivity index (χ0) is 15.8. The van der Waals surface area contributed by atoms with Crippen molar-refractivity contribution >= 4 is 10.0 Å². The maximum absolute atomic E-state index is 12.9. The third kappa shape index (κ3) is 3.30. The average molecular weight is 311 g/mol. The summed E-state index contributed by atoms with van der Waals surface area (Å²) in [7, 11) is -3.51. The van der Waals surface area contributed by atoms with Gasteiger partial charge in [-0.3, -0.25) is 0 Å². The van der Waals surface area contributed by atoms with E-state index < -0.39 is 16.1 Å². The number of piperidine rings is 1. The third-order valence-corrected chi connectivity index (χ3v) is 6.44. The molecule has 0 bridgehead atoms. The van der Waals surface area contributed by atoms with Gasteiger partial charge < -0.3 is 5.11 Å². The van der Waals surface area contributed by atoms with Crippen molar-refractivity contribution in [1.82, 2.24) is 4.31 Å². The average Bonchev–Trinajstić information content (AvgIpc) is 2.42. The Balaban J connectivity index is 2.39. The lowest BCUT2D eigenvalue weighted by atomic mass is 9.88. The first-order valence-electron chi connectivity index (χ1n) is 7.53. The zero-order valence-electron chi connectivity index (χ0n) is 13.2. The second-order valence-corrected chi connectivity index (χ2v) is 8.27. The van der Waals surface area contributed by atoms with Gasteiger partial charge in [0.15, 0.2) is 0 Å². The van der Waals surface area contributed by atoms with E-state index in [0.717, 1.165) is 6.42 Å². The van der Waals surface area contributed by atoms with Crippen LogP contribution in [0, 0.1) is 11.8 Å². The first-order valence-corrected chi connectivity index (χ1v) is 8.97. The lowest BCUT2D eigenvalue weighted by molar-refractivity contribution is 0.157. The fourth-order valence-electron chi connectivity index (χ4n) is 3.05. The zero-order valence-corrected chi connectivity index (χ0v) is 14.0. The maximum Gasteiger partial charge on any atom is 0.243 e. The number of rotatable bonds is 3. The van der Waals surface area contributed by atoms with Crippen LogP contribution in [-0.2, 0) is 10.0 Å². The van der Waals surface area contributed by atoms with Crippen molar-refractivity contribution in [1.29, 1.82) is 0 Å². The van der Waals surface area contributed by atoms with E-state index >= 15 is 0 Å². The quantitative estimate of drug-likeness (QED) is 0.934. The summed E-state index contributed by atoms with van der Waals surface area (Å²) < 4.78 is 27.4. The van der Waals surface area contributed by atoms with Crippen LogP contribution >= 0.6 is 0 Å². The second-order valence-electron chi connectivity index (χ2n) is 6.38. The van der Waals surface area contributed by atoms with Crippen LogP contribution in [0.2, 0.25) is 0 Å². The first kappa shape index (κ1) is 16.5. The van der Waals surface area contributed by atoms with Crippen LogP contribution < -0.4 is 0 Å². The van der Waals surface area contributed by atoms with Crippen molar-refractivity contribution in [3.63, 3.8) is 0 Å². The molecule has 0 saturated carbocycles. The predicted octanol–water partition coefficient (Wildman–Crippen LogP) is 2.80. The Morgan fingerprint density at radius 2 is 1.95 bits per heavy atom. The molecule has 1 aromatic carbocycles. The molecule has 1 aliphatic heterocycles. The van der Waals surface area contributed by atoms with Crippen molar-refractivity contribution in [3.8, 4) is 0 Å². The Morgan fingerprint density at radius 1 is 1.29 bits per heavy atom. The second kappa shape index (κ2) is 6.07. The van der Waals surface area contributed by atoms with Crippen molar-refractivity contribution in [2.75, 3.05) is 6.54 Å². The standard InChI is InChI=1S/C16H25NO3S/c1-11-8-12(2)13(3)17(10-11)21(19,20)16-7-5-6-15(9-16)14(4)18/h5-7,9,11-14,18H,8,10H2,1-4H3. The minimum absolute atomic E-state index is 0.00130. The number of hydrogen-bond donors (Lipinski definition) is 1. The number of nitrogens with zero attached hydrogens (tertiary/aromatic N) is 1. The fraction of sp³-hybridized carbons (Fsp3) is 0.625. The summed E-state index contributed by atoms with van der Waals surface area (Å²) >= 11 is 0. The van der Waals surface area contributed by atoms with Gasteiger partial charge in [0.25, 0.3) is 0 Å². The number of benzene rings is 1. The highest BCUT2D eigenvalue weighted by Crippen LogP contribution is 2.32. The predicted molar refractivity (Wildman–Crippen MR) is 83.4 cm³/mol. The highest BCUT2D eigenvalue weighted by atomic mass is 32.2. The van der Waals surface area contributed by atoms with Gasteiger partial charge in [-0.2, -0.15) is 4.31 Å². The van der Waals surface area contributed by atoms with E-state index in [1.54, 1.807) is 35.5 Å². The monoisotopic (exact) mass is 311 g/mol. The van der Waals surface area contributed by atoms with Gasteiger partial charge in [-0.15, -0.1) is 0 Å². The minimum atomic E-state index is -3.51. The van der Waals surface area contributed by atoms with Crippen LogP contribution in [0.3, 0.4) is 0 Å². The van der Waals surface area contributed by atoms with Gasteiger partial charge in [0.1, 0.15) is 0 Å². The van der Waals surface area contributed by atoms with E-state index in [2.05, 4.69) is 13.8 Å². The lowest BCUT2D eigenvalue weighted by Crippen LogP contribution is -2.48. The van der Waals surface area contributed by atoms with Crippen LogP contribution in [0.15, 0.2) is 29.2 Å². The van der Waals surface area contributed by atoms with Gasteiger partial charge >= 0.3 is 0 Å². The molecule has 0 spiro atoms. The van der Waals surface area contributed by atoms with Crippen LogP contribution in [-0.4, -0.2) is 30.4 Å². The van der Waals surface area contributed by atoms with Crippen molar-refractivity contribution < 1.29 is 13.5 Å². The van der Waals surface area contributed by atoms with E-state index in [-0.39, 0.29) is 10.9 Å². The molecule has 2 rings (SSSR count). The Kier molecular flexibility index (Phi) is 4.76. The Hall–Kier alpha value is -0.910. The van der Waals surface area contributed by atoms with E-state index in [9.17, 15) is 13.5 Å². The van der Waals surface area contributed by atoms with Gasteiger partial charge in [-0.05, 0) is 49.8 Å². The van der Waals surface area contributed by atoms with Gasteiger partial charge in [-0.1, -0.05) is 26.0 Å². The molecule has 118 valence electrons. The van der Waals surface area contributed by atoms with Crippen molar-refractivity contribution in [2.45, 2.75) is 51.2 Å². The van der Waals surface area contributed by atoms with Crippen LogP contribution in [0.5, 0.6) is 0 Å². The van der Waals surface area contributed by atoms with E-state index in [1.807, 2.05) is 6.92 Å². The largest absolute Gasteiger partial charge is 0.389 e. The smallest absolute Gasteiger partial charge is 0.243 e. The molecule has 0 aliphatic carbocycles. The van der Waals surface area contributed by atoms with Gasteiger partial charge in [0.05, 0.1) is 11.0 Å². The number of aliphatic hydroxyl groups is 1. The number of sulfonamides is 1. The molecule has 1 aliphatic rings. The summed E-state index contributed by atoms with van der Waals surface area (Å²) in [6.07, 6.45) is 0.387. The summed E-state index contributed by atoms with van der Waals surface area (Å²) in [5.41, 5.74) is 0.627. The molecule has 1 fully saturated rings. The molecule has 1 saturated heterocycles. The minimum Gasteiger partial charge on any atom is -0.389 e. The normalized spacial score (nSPS) is 29.3. The summed E-state index contributed by atoms with van der Waals surface area (Å²) in [5, 5.41) is 9.65. The van der Waals surface area contributed by atoms with E-state index in [1.165, 1.54) is 0 Å². The Labute approximate surface area is 127 Å². The van der Waals surface area contributed by atoms with E-state index in [0.29, 0.717) is 23.9 Å². The molecule has 4 unspecified atom stereocenters. The molecular weight excluding hydrogens is 286 g/mol. The van der Waals surface area contributed by atoms with Gasteiger partial charge in [0, 0.05) is 12.6 Å². The molecule has 1 N–H and O–H groups in total. The molecular formula is C16H25NO3S. The number of aliphatic hydroxyl groups excluding tert-OH is 1. The van der Waals surface area contributed by atoms with E-state index in [4.69, 9.17) is 0 Å². The molecule has 4 nitrogen and oxygen atoms in total. The third-order valence-electron chi connectivity index (χ3n) is 4.49. The SMILES string of the molecule is CC1CC(C)C(C)N(S(=O)(=O)c2cccc(C(C)O)c2)C1. The Bertz CT molecular complexity index is 597. The van der Waals surface area contributed by atoms with Crippen molar-refractivity contribution in [2.24, 2.45) is 11.8 Å². The molecule has 1 heterocycles. The molecule has 1 aromatic rings. The maximum atomic E-state index is 12.9. The summed E-state index contributed by atoms with van der Waals surface area (Å²) in [6.45, 7) is 8.38. The number of hydrogen-bond acceptors (Lipinski definition) is 3. The molecule has 0 aromatic heterocycles. The van der Waals surface area contributed by atoms with Crippen LogP contribution in [0.25, 0.3) is 0 Å². The molecule has 0 amide bonds. The molecule has 0 radical (unpaired) electrons.